The summed E-state index contributed by atoms with van der Waals surface area (Å²) in [5, 5.41) is 4.18. The van der Waals surface area contributed by atoms with Crippen LogP contribution in [0.5, 0.6) is 0 Å². The topological polar surface area (TPSA) is 74.5 Å². The number of hydrogen-bond acceptors (Lipinski definition) is 4. The van der Waals surface area contributed by atoms with Gasteiger partial charge in [-0.2, -0.15) is 4.68 Å². The van der Waals surface area contributed by atoms with Crippen molar-refractivity contribution in [1.82, 2.24) is 24.3 Å². The summed E-state index contributed by atoms with van der Waals surface area (Å²) in [6.45, 7) is 3.25. The van der Waals surface area contributed by atoms with Gasteiger partial charge in [0.2, 0.25) is 5.95 Å². The number of hydrogen-bond donors (Lipinski definition) is 1. The van der Waals surface area contributed by atoms with Crippen LogP contribution in [-0.4, -0.2) is 24.3 Å². The molecule has 2 N–H and O–H groups in total. The van der Waals surface area contributed by atoms with Crippen LogP contribution in [-0.2, 0) is 13.1 Å². The van der Waals surface area contributed by atoms with Crippen molar-refractivity contribution in [2.75, 3.05) is 0 Å². The first-order valence-electron chi connectivity index (χ1n) is 4.47. The highest BCUT2D eigenvalue weighted by Gasteiger charge is 2.05. The zero-order valence-electron chi connectivity index (χ0n) is 7.96. The van der Waals surface area contributed by atoms with Crippen molar-refractivity contribution in [3.8, 4) is 5.95 Å². The van der Waals surface area contributed by atoms with Crippen LogP contribution in [0.25, 0.3) is 5.95 Å². The van der Waals surface area contributed by atoms with E-state index in [1.165, 1.54) is 0 Å². The second-order valence-corrected chi connectivity index (χ2v) is 2.82. The van der Waals surface area contributed by atoms with E-state index in [2.05, 4.69) is 15.1 Å². The summed E-state index contributed by atoms with van der Waals surface area (Å²) in [6.07, 6.45) is 5.26. The fraction of sp³-hybridized carbons (Fsp3) is 0.375. The maximum Gasteiger partial charge on any atom is 0.232 e. The van der Waals surface area contributed by atoms with E-state index in [9.17, 15) is 0 Å². The molecule has 0 amide bonds. The fourth-order valence-corrected chi connectivity index (χ4v) is 1.25. The molecule has 0 radical (unpaired) electrons. The van der Waals surface area contributed by atoms with Crippen LogP contribution in [0.3, 0.4) is 0 Å². The monoisotopic (exact) mass is 192 g/mol. The SMILES string of the molecule is CCn1ccnc1-n1cnc(CN)n1. The molecule has 2 rings (SSSR count). The van der Waals surface area contributed by atoms with E-state index in [-0.39, 0.29) is 0 Å². The minimum absolute atomic E-state index is 0.347. The van der Waals surface area contributed by atoms with Gasteiger partial charge < -0.3 is 10.3 Å². The predicted octanol–water partition coefficient (Wildman–Crippen LogP) is -0.0576. The second-order valence-electron chi connectivity index (χ2n) is 2.82. The Morgan fingerprint density at radius 2 is 2.29 bits per heavy atom. The van der Waals surface area contributed by atoms with E-state index in [0.29, 0.717) is 12.4 Å². The largest absolute Gasteiger partial charge is 0.324 e. The number of rotatable bonds is 3. The molecule has 74 valence electrons. The third-order valence-electron chi connectivity index (χ3n) is 1.96. The number of nitrogens with two attached hydrogens (primary N) is 1. The lowest BCUT2D eigenvalue weighted by atomic mass is 10.6. The molecule has 2 aromatic rings. The van der Waals surface area contributed by atoms with Gasteiger partial charge in [-0.1, -0.05) is 0 Å². The number of nitrogens with zero attached hydrogens (tertiary/aromatic N) is 5. The summed E-state index contributed by atoms with van der Waals surface area (Å²) >= 11 is 0. The minimum atomic E-state index is 0.347. The molecule has 0 aliphatic rings. The number of aromatic nitrogens is 5. The first-order valence-corrected chi connectivity index (χ1v) is 4.47. The highest BCUT2D eigenvalue weighted by atomic mass is 15.4. The summed E-state index contributed by atoms with van der Waals surface area (Å²) in [7, 11) is 0. The van der Waals surface area contributed by atoms with E-state index < -0.39 is 0 Å². The Morgan fingerprint density at radius 1 is 1.43 bits per heavy atom. The van der Waals surface area contributed by atoms with Gasteiger partial charge in [0.15, 0.2) is 5.82 Å². The van der Waals surface area contributed by atoms with Crippen molar-refractivity contribution in [3.63, 3.8) is 0 Å². The van der Waals surface area contributed by atoms with Gasteiger partial charge in [0.05, 0.1) is 6.54 Å². The maximum absolute atomic E-state index is 5.42. The third-order valence-corrected chi connectivity index (χ3v) is 1.96. The molecule has 2 heterocycles. The maximum atomic E-state index is 5.42. The van der Waals surface area contributed by atoms with Gasteiger partial charge in [0.25, 0.3) is 0 Å². The smallest absolute Gasteiger partial charge is 0.232 e. The summed E-state index contributed by atoms with van der Waals surface area (Å²) in [6, 6.07) is 0. The Balaban J connectivity index is 2.38. The van der Waals surface area contributed by atoms with E-state index in [0.717, 1.165) is 12.5 Å². The molecule has 0 aromatic carbocycles. The average molecular weight is 192 g/mol. The van der Waals surface area contributed by atoms with Crippen molar-refractivity contribution < 1.29 is 0 Å². The van der Waals surface area contributed by atoms with Crippen molar-refractivity contribution in [2.45, 2.75) is 20.0 Å². The molecule has 0 atom stereocenters. The molecule has 2 aromatic heterocycles. The first kappa shape index (κ1) is 8.89. The summed E-state index contributed by atoms with van der Waals surface area (Å²) in [5.74, 6) is 1.38. The molecule has 0 saturated carbocycles. The Bertz CT molecular complexity index is 415. The van der Waals surface area contributed by atoms with Gasteiger partial charge in [0.1, 0.15) is 6.33 Å². The van der Waals surface area contributed by atoms with Crippen molar-refractivity contribution >= 4 is 0 Å². The van der Waals surface area contributed by atoms with Crippen LogP contribution >= 0.6 is 0 Å². The van der Waals surface area contributed by atoms with Gasteiger partial charge in [-0.15, -0.1) is 5.10 Å². The van der Waals surface area contributed by atoms with Crippen LogP contribution in [0, 0.1) is 0 Å². The van der Waals surface area contributed by atoms with Gasteiger partial charge >= 0.3 is 0 Å². The van der Waals surface area contributed by atoms with E-state index in [4.69, 9.17) is 5.73 Å². The average Bonchev–Trinajstić information content (AvgIpc) is 2.85. The van der Waals surface area contributed by atoms with Crippen molar-refractivity contribution in [1.29, 1.82) is 0 Å². The van der Waals surface area contributed by atoms with E-state index in [1.54, 1.807) is 17.2 Å². The van der Waals surface area contributed by atoms with Gasteiger partial charge in [0, 0.05) is 18.9 Å². The third kappa shape index (κ3) is 1.39. The summed E-state index contributed by atoms with van der Waals surface area (Å²) in [5.41, 5.74) is 5.42. The van der Waals surface area contributed by atoms with E-state index in [1.807, 2.05) is 17.7 Å². The number of imidazole rings is 1. The number of aryl methyl sites for hydroxylation is 1. The lowest BCUT2D eigenvalue weighted by Gasteiger charge is -2.02. The first-order chi connectivity index (χ1) is 6.85. The van der Waals surface area contributed by atoms with Gasteiger partial charge in [-0.25, -0.2) is 9.97 Å². The summed E-state index contributed by atoms with van der Waals surface area (Å²) < 4.78 is 3.61. The molecule has 0 aliphatic heterocycles. The molecule has 0 bridgehead atoms. The molecule has 14 heavy (non-hydrogen) atoms. The zero-order chi connectivity index (χ0) is 9.97. The molecule has 0 aliphatic carbocycles. The van der Waals surface area contributed by atoms with Crippen LogP contribution in [0.1, 0.15) is 12.7 Å². The molecule has 0 fully saturated rings. The second kappa shape index (κ2) is 3.59. The van der Waals surface area contributed by atoms with Crippen LogP contribution in [0.2, 0.25) is 0 Å². The standard InChI is InChI=1S/C8H12N6/c1-2-13-4-3-10-8(13)14-6-11-7(5-9)12-14/h3-4,6H,2,5,9H2,1H3. The summed E-state index contributed by atoms with van der Waals surface area (Å²) in [4.78, 5) is 8.23. The minimum Gasteiger partial charge on any atom is -0.324 e. The van der Waals surface area contributed by atoms with Crippen molar-refractivity contribution in [2.24, 2.45) is 5.73 Å². The molecular weight excluding hydrogens is 180 g/mol. The van der Waals surface area contributed by atoms with Gasteiger partial charge in [-0.3, -0.25) is 0 Å². The predicted molar refractivity (Wildman–Crippen MR) is 50.7 cm³/mol. The Hall–Kier alpha value is -1.69. The van der Waals surface area contributed by atoms with Crippen LogP contribution in [0.4, 0.5) is 0 Å². The molecule has 6 nitrogen and oxygen atoms in total. The highest BCUT2D eigenvalue weighted by Crippen LogP contribution is 2.03. The normalized spacial score (nSPS) is 10.7. The molecule has 0 saturated heterocycles. The van der Waals surface area contributed by atoms with Gasteiger partial charge in [-0.05, 0) is 6.92 Å². The molecule has 0 unspecified atom stereocenters. The Labute approximate surface area is 81.4 Å². The highest BCUT2D eigenvalue weighted by molar-refractivity contribution is 5.10. The molecule has 0 spiro atoms. The lowest BCUT2D eigenvalue weighted by molar-refractivity contribution is 0.679. The molecule has 6 heteroatoms. The Morgan fingerprint density at radius 3 is 2.93 bits per heavy atom. The fourth-order valence-electron chi connectivity index (χ4n) is 1.25. The van der Waals surface area contributed by atoms with Crippen LogP contribution in [0.15, 0.2) is 18.7 Å². The van der Waals surface area contributed by atoms with Crippen LogP contribution < -0.4 is 5.73 Å². The van der Waals surface area contributed by atoms with E-state index >= 15 is 0 Å². The molecular formula is C8H12N6. The van der Waals surface area contributed by atoms with Crippen molar-refractivity contribution in [3.05, 3.63) is 24.5 Å². The zero-order valence-corrected chi connectivity index (χ0v) is 7.96. The quantitative estimate of drug-likeness (QED) is 0.739. The lowest BCUT2D eigenvalue weighted by Crippen LogP contribution is -2.07. The Kier molecular flexibility index (Phi) is 2.28.